The van der Waals surface area contributed by atoms with Gasteiger partial charge in [-0.2, -0.15) is 18.2 Å². The van der Waals surface area contributed by atoms with Crippen molar-refractivity contribution in [3.05, 3.63) is 208 Å². The maximum Gasteiger partial charge on any atom is -0.172 e. The van der Waals surface area contributed by atoms with Crippen molar-refractivity contribution in [2.75, 3.05) is 0 Å². The molecule has 0 atom stereocenters. The molecule has 0 saturated heterocycles. The molecular formula is C53H52Cl2Zr-2. The molecule has 284 valence electrons. The zero-order valence-corrected chi connectivity index (χ0v) is 37.9. The first-order chi connectivity index (χ1) is 25.8. The van der Waals surface area contributed by atoms with Gasteiger partial charge in [-0.15, -0.1) is 28.8 Å². The van der Waals surface area contributed by atoms with E-state index in [-0.39, 0.29) is 35.6 Å². The van der Waals surface area contributed by atoms with Crippen molar-refractivity contribution in [2.24, 2.45) is 0 Å². The van der Waals surface area contributed by atoms with E-state index in [1.807, 2.05) is 30.3 Å². The first-order valence-corrected chi connectivity index (χ1v) is 20.3. The number of hydrogen-bond acceptors (Lipinski definition) is 0. The topological polar surface area (TPSA) is 0 Å². The molecule has 3 heteroatoms. The molecule has 0 fully saturated rings. The Labute approximate surface area is 364 Å². The zero-order valence-electron chi connectivity index (χ0n) is 34.0. The summed E-state index contributed by atoms with van der Waals surface area (Å²) in [4.78, 5) is 0. The fourth-order valence-electron chi connectivity index (χ4n) is 7.19. The molecule has 7 aromatic rings. The van der Waals surface area contributed by atoms with Gasteiger partial charge in [-0.3, -0.25) is 0 Å². The summed E-state index contributed by atoms with van der Waals surface area (Å²) >= 11 is 1.47. The summed E-state index contributed by atoms with van der Waals surface area (Å²) in [5, 5.41) is 0. The van der Waals surface area contributed by atoms with Crippen LogP contribution >= 0.6 is 0 Å². The number of benzene rings is 6. The minimum Gasteiger partial charge on any atom is -1.00 e. The van der Waals surface area contributed by atoms with Gasteiger partial charge in [0, 0.05) is 0 Å². The molecular weight excluding hydrogens is 799 g/mol. The average Bonchev–Trinajstić information content (AvgIpc) is 3.86. The van der Waals surface area contributed by atoms with E-state index in [4.69, 9.17) is 0 Å². The van der Waals surface area contributed by atoms with Crippen LogP contribution in [0, 0.1) is 19.9 Å². The standard InChI is InChI=1S/C33H33.C15H14.C5H5.2ClH.Zr/c1-32(2,3)30-20-26-24(18-28(30)22-13-9-7-10-14-22)17-25-19-29(23-15-11-8-12-16-23)31(21-27(25)26)33(4,5)6;1-12-5-3-7-14(9-12)11-15-8-4-6-13(2)10-15;1-2-4-5-3-1;;;/h7-16,18,20-21H,17H2,1-6H3;3-10H,1-2H3;1-5H;2*1H;/q-1;;-1;;;+2/p-2. The summed E-state index contributed by atoms with van der Waals surface area (Å²) in [6, 6.07) is 60.3. The molecule has 0 unspecified atom stereocenters. The van der Waals surface area contributed by atoms with E-state index in [2.05, 4.69) is 189 Å². The van der Waals surface area contributed by atoms with E-state index in [1.165, 1.54) is 105 Å². The first-order valence-electron chi connectivity index (χ1n) is 19.1. The third-order valence-electron chi connectivity index (χ3n) is 9.99. The first kappa shape index (κ1) is 44.7. The van der Waals surface area contributed by atoms with E-state index in [0.717, 1.165) is 6.42 Å². The summed E-state index contributed by atoms with van der Waals surface area (Å²) in [7, 11) is 0. The molecule has 0 spiro atoms. The third kappa shape index (κ3) is 10.9. The molecule has 0 nitrogen and oxygen atoms in total. The summed E-state index contributed by atoms with van der Waals surface area (Å²) in [6.07, 6.45) is 0.944. The van der Waals surface area contributed by atoms with Crippen molar-refractivity contribution in [2.45, 2.75) is 72.6 Å². The predicted octanol–water partition coefficient (Wildman–Crippen LogP) is 7.82. The van der Waals surface area contributed by atoms with Crippen molar-refractivity contribution < 1.29 is 49.0 Å². The van der Waals surface area contributed by atoms with Gasteiger partial charge in [0.25, 0.3) is 0 Å². The summed E-state index contributed by atoms with van der Waals surface area (Å²) in [6.45, 7) is 18.2. The van der Waals surface area contributed by atoms with Crippen LogP contribution in [-0.2, 0) is 41.5 Å². The minimum absolute atomic E-state index is 0. The van der Waals surface area contributed by atoms with Crippen molar-refractivity contribution >= 4 is 3.21 Å². The molecule has 0 aromatic heterocycles. The van der Waals surface area contributed by atoms with Crippen molar-refractivity contribution in [1.29, 1.82) is 0 Å². The van der Waals surface area contributed by atoms with Crippen molar-refractivity contribution in [3.63, 3.8) is 0 Å². The van der Waals surface area contributed by atoms with Gasteiger partial charge in [-0.05, 0) is 39.5 Å². The largest absolute Gasteiger partial charge is 1.00 e. The second-order valence-corrected chi connectivity index (χ2v) is 17.7. The molecule has 0 heterocycles. The molecule has 56 heavy (non-hydrogen) atoms. The van der Waals surface area contributed by atoms with E-state index < -0.39 is 0 Å². The number of rotatable bonds is 4. The van der Waals surface area contributed by atoms with Gasteiger partial charge >= 0.3 is 112 Å². The van der Waals surface area contributed by atoms with E-state index >= 15 is 0 Å². The van der Waals surface area contributed by atoms with Gasteiger partial charge < -0.3 is 24.8 Å². The molecule has 7 aromatic carbocycles. The van der Waals surface area contributed by atoms with Crippen LogP contribution in [-0.4, -0.2) is 3.21 Å². The summed E-state index contributed by atoms with van der Waals surface area (Å²) < 4.78 is 1.43. The Morgan fingerprint density at radius 3 is 1.50 bits per heavy atom. The molecule has 0 radical (unpaired) electrons. The monoisotopic (exact) mass is 848 g/mol. The van der Waals surface area contributed by atoms with Crippen LogP contribution in [0.1, 0.15) is 86.1 Å². The van der Waals surface area contributed by atoms with E-state index in [9.17, 15) is 0 Å². The maximum absolute atomic E-state index is 3.88. The van der Waals surface area contributed by atoms with Crippen LogP contribution in [0.5, 0.6) is 0 Å². The fraction of sp³-hybridized carbons (Fsp3) is 0.208. The fourth-order valence-corrected chi connectivity index (χ4v) is 7.95. The number of fused-ring (bicyclic) bond motifs is 3. The predicted molar refractivity (Wildman–Crippen MR) is 229 cm³/mol. The molecule has 1 aliphatic carbocycles. The Morgan fingerprint density at radius 2 is 1.04 bits per heavy atom. The van der Waals surface area contributed by atoms with Crippen molar-refractivity contribution in [1.82, 2.24) is 0 Å². The number of hydrogen-bond donors (Lipinski definition) is 0. The van der Waals surface area contributed by atoms with E-state index in [0.29, 0.717) is 0 Å². The van der Waals surface area contributed by atoms with Gasteiger partial charge in [0.2, 0.25) is 0 Å². The molecule has 0 amide bonds. The minimum atomic E-state index is 0. The smallest absolute Gasteiger partial charge is 0.172 e. The number of aryl methyl sites for hydroxylation is 2. The van der Waals surface area contributed by atoms with Gasteiger partial charge in [0.15, 0.2) is 0 Å². The van der Waals surface area contributed by atoms with Gasteiger partial charge in [-0.25, -0.2) is 12.1 Å². The van der Waals surface area contributed by atoms with Gasteiger partial charge in [-0.1, -0.05) is 131 Å². The zero-order chi connectivity index (χ0) is 38.5. The van der Waals surface area contributed by atoms with Crippen LogP contribution in [0.4, 0.5) is 0 Å². The Hall–Kier alpha value is -4.00. The summed E-state index contributed by atoms with van der Waals surface area (Å²) in [5.41, 5.74) is 18.8. The third-order valence-corrected chi connectivity index (χ3v) is 11.4. The van der Waals surface area contributed by atoms with Crippen LogP contribution in [0.15, 0.2) is 158 Å². The Balaban J connectivity index is 0.000000252. The Morgan fingerprint density at radius 1 is 0.536 bits per heavy atom. The molecule has 0 aliphatic heterocycles. The average molecular weight is 851 g/mol. The normalized spacial score (nSPS) is 11.3. The van der Waals surface area contributed by atoms with Crippen LogP contribution in [0.3, 0.4) is 0 Å². The van der Waals surface area contributed by atoms with E-state index in [1.54, 1.807) is 0 Å². The quantitative estimate of drug-likeness (QED) is 0.159. The SMILES string of the molecule is CC(C)(C)c1cc2c([c-]c1-c1ccccc1)Cc1cc(-c3ccccc3)c(C(C)(C)C)cc1-2.Cc1cccc([C](=[Zr+2])c2cccc(C)c2)c1.[Cl-].[Cl-].c1cc[cH-]c1. The van der Waals surface area contributed by atoms with Gasteiger partial charge in [0.05, 0.1) is 0 Å². The molecule has 0 saturated carbocycles. The molecule has 8 rings (SSSR count). The van der Waals surface area contributed by atoms with Crippen LogP contribution in [0.2, 0.25) is 0 Å². The molecule has 0 bridgehead atoms. The second kappa shape index (κ2) is 19.4. The molecule has 1 aliphatic rings. The summed E-state index contributed by atoms with van der Waals surface area (Å²) in [5.74, 6) is 0. The van der Waals surface area contributed by atoms with Crippen LogP contribution < -0.4 is 24.8 Å². The van der Waals surface area contributed by atoms with Gasteiger partial charge in [0.1, 0.15) is 0 Å². The van der Waals surface area contributed by atoms with Crippen molar-refractivity contribution in [3.8, 4) is 33.4 Å². The Kier molecular flexibility index (Phi) is 15.5. The Bertz CT molecular complexity index is 2170. The second-order valence-electron chi connectivity index (χ2n) is 16.5. The molecule has 0 N–H and O–H groups in total. The van der Waals surface area contributed by atoms with Crippen LogP contribution in [0.25, 0.3) is 33.4 Å². The maximum atomic E-state index is 3.88. The number of halogens is 2.